The highest BCUT2D eigenvalue weighted by molar-refractivity contribution is 5.93. The maximum Gasteiger partial charge on any atom is 0.406 e. The number of nitrogens with two attached hydrogens (primary N) is 1. The Kier molecular flexibility index (Phi) is 4.54. The first-order valence-corrected chi connectivity index (χ1v) is 5.09. The lowest BCUT2D eigenvalue weighted by molar-refractivity contribution is -0.149. The van der Waals surface area contributed by atoms with E-state index in [1.54, 1.807) is 0 Å². The quantitative estimate of drug-likeness (QED) is 0.832. The molecule has 1 heterocycles. The Morgan fingerprint density at radius 3 is 2.42 bits per heavy atom. The second kappa shape index (κ2) is 5.74. The molecule has 3 N–H and O–H groups in total. The van der Waals surface area contributed by atoms with E-state index in [0.717, 1.165) is 6.07 Å². The van der Waals surface area contributed by atoms with Crippen molar-refractivity contribution in [1.29, 1.82) is 0 Å². The fraction of sp³-hybridized carbons (Fsp3) is 0.400. The highest BCUT2D eigenvalue weighted by Crippen LogP contribution is 2.19. The zero-order valence-electron chi connectivity index (χ0n) is 9.61. The van der Waals surface area contributed by atoms with E-state index in [-0.39, 0.29) is 23.0 Å². The Morgan fingerprint density at radius 1 is 1.37 bits per heavy atom. The summed E-state index contributed by atoms with van der Waals surface area (Å²) in [4.78, 5) is 22.3. The molecule has 0 spiro atoms. The topological polar surface area (TPSA) is 96.8 Å². The average Bonchev–Trinajstić information content (AvgIpc) is 2.73. The standard InChI is InChI=1S/C10H11F3N2O4/c11-10(12,13)5-15(4-8(16)17)9(18)7-2-1-6(3-14)19-7/h1-2H,3-5,14H2,(H,16,17). The van der Waals surface area contributed by atoms with E-state index in [9.17, 15) is 22.8 Å². The third-order valence-corrected chi connectivity index (χ3v) is 2.06. The summed E-state index contributed by atoms with van der Waals surface area (Å²) in [5.41, 5.74) is 5.23. The third kappa shape index (κ3) is 4.62. The minimum atomic E-state index is -4.70. The Bertz CT molecular complexity index is 470. The van der Waals surface area contributed by atoms with Gasteiger partial charge in [0, 0.05) is 0 Å². The van der Waals surface area contributed by atoms with Crippen molar-refractivity contribution in [2.24, 2.45) is 5.73 Å². The molecule has 0 aromatic carbocycles. The number of hydrogen-bond acceptors (Lipinski definition) is 4. The molecule has 0 saturated heterocycles. The molecule has 0 unspecified atom stereocenters. The number of halogens is 3. The van der Waals surface area contributed by atoms with Gasteiger partial charge in [0.15, 0.2) is 5.76 Å². The van der Waals surface area contributed by atoms with Gasteiger partial charge in [0.05, 0.1) is 6.54 Å². The van der Waals surface area contributed by atoms with Gasteiger partial charge < -0.3 is 20.2 Å². The molecule has 0 aliphatic carbocycles. The highest BCUT2D eigenvalue weighted by Gasteiger charge is 2.35. The zero-order valence-corrected chi connectivity index (χ0v) is 9.61. The van der Waals surface area contributed by atoms with E-state index in [2.05, 4.69) is 0 Å². The van der Waals surface area contributed by atoms with Gasteiger partial charge >= 0.3 is 12.1 Å². The van der Waals surface area contributed by atoms with Gasteiger partial charge in [-0.1, -0.05) is 0 Å². The van der Waals surface area contributed by atoms with E-state index < -0.39 is 31.1 Å². The number of furan rings is 1. The SMILES string of the molecule is NCc1ccc(C(=O)N(CC(=O)O)CC(F)(F)F)o1. The molecule has 9 heteroatoms. The summed E-state index contributed by atoms with van der Waals surface area (Å²) in [6.45, 7) is -2.76. The van der Waals surface area contributed by atoms with Crippen LogP contribution in [-0.4, -0.2) is 41.1 Å². The van der Waals surface area contributed by atoms with Crippen LogP contribution in [0.2, 0.25) is 0 Å². The number of carbonyl (C=O) groups excluding carboxylic acids is 1. The van der Waals surface area contributed by atoms with Crippen LogP contribution in [0.3, 0.4) is 0 Å². The van der Waals surface area contributed by atoms with Crippen LogP contribution in [0.4, 0.5) is 13.2 Å². The molecule has 1 aromatic rings. The molecule has 1 rings (SSSR count). The van der Waals surface area contributed by atoms with Crippen LogP contribution < -0.4 is 5.73 Å². The molecule has 1 aromatic heterocycles. The zero-order chi connectivity index (χ0) is 14.6. The number of carboxylic acid groups (broad SMARTS) is 1. The minimum absolute atomic E-state index is 0.0223. The van der Waals surface area contributed by atoms with Gasteiger partial charge in [-0.15, -0.1) is 0 Å². The smallest absolute Gasteiger partial charge is 0.406 e. The summed E-state index contributed by atoms with van der Waals surface area (Å²) in [5, 5.41) is 8.52. The van der Waals surface area contributed by atoms with Gasteiger partial charge in [-0.2, -0.15) is 13.2 Å². The summed E-state index contributed by atoms with van der Waals surface area (Å²) in [6, 6.07) is 2.48. The second-order valence-corrected chi connectivity index (χ2v) is 3.64. The molecule has 0 atom stereocenters. The highest BCUT2D eigenvalue weighted by atomic mass is 19.4. The molecule has 106 valence electrons. The van der Waals surface area contributed by atoms with E-state index >= 15 is 0 Å². The van der Waals surface area contributed by atoms with Crippen molar-refractivity contribution in [2.75, 3.05) is 13.1 Å². The maximum absolute atomic E-state index is 12.3. The fourth-order valence-corrected chi connectivity index (χ4v) is 1.34. The molecule has 6 nitrogen and oxygen atoms in total. The summed E-state index contributed by atoms with van der Waals surface area (Å²) in [5.74, 6) is -2.88. The van der Waals surface area contributed by atoms with Crippen LogP contribution in [0.5, 0.6) is 0 Å². The first-order chi connectivity index (χ1) is 8.73. The Balaban J connectivity index is 2.90. The van der Waals surface area contributed by atoms with E-state index in [0.29, 0.717) is 0 Å². The van der Waals surface area contributed by atoms with Crippen molar-refractivity contribution in [1.82, 2.24) is 4.90 Å². The minimum Gasteiger partial charge on any atom is -0.480 e. The monoisotopic (exact) mass is 280 g/mol. The second-order valence-electron chi connectivity index (χ2n) is 3.64. The summed E-state index contributed by atoms with van der Waals surface area (Å²) in [7, 11) is 0. The van der Waals surface area contributed by atoms with Crippen molar-refractivity contribution >= 4 is 11.9 Å². The molecule has 19 heavy (non-hydrogen) atoms. The van der Waals surface area contributed by atoms with Gasteiger partial charge in [0.2, 0.25) is 0 Å². The van der Waals surface area contributed by atoms with E-state index in [4.69, 9.17) is 15.3 Å². The molecular formula is C10H11F3N2O4. The summed E-state index contributed by atoms with van der Waals surface area (Å²) >= 11 is 0. The first kappa shape index (κ1) is 15.0. The molecule has 0 aliphatic heterocycles. The number of alkyl halides is 3. The van der Waals surface area contributed by atoms with Gasteiger partial charge in [0.1, 0.15) is 18.8 Å². The van der Waals surface area contributed by atoms with Crippen LogP contribution in [0.15, 0.2) is 16.5 Å². The van der Waals surface area contributed by atoms with Crippen LogP contribution in [-0.2, 0) is 11.3 Å². The number of carbonyl (C=O) groups is 2. The molecule has 0 aliphatic rings. The van der Waals surface area contributed by atoms with Crippen molar-refractivity contribution < 1.29 is 32.3 Å². The average molecular weight is 280 g/mol. The third-order valence-electron chi connectivity index (χ3n) is 2.06. The Morgan fingerprint density at radius 2 is 2.00 bits per heavy atom. The lowest BCUT2D eigenvalue weighted by Gasteiger charge is -2.20. The van der Waals surface area contributed by atoms with Gasteiger partial charge in [-0.05, 0) is 12.1 Å². The molecule has 0 radical (unpaired) electrons. The molecule has 0 bridgehead atoms. The van der Waals surface area contributed by atoms with Gasteiger partial charge in [-0.25, -0.2) is 0 Å². The van der Waals surface area contributed by atoms with E-state index in [1.807, 2.05) is 0 Å². The predicted octanol–water partition coefficient (Wildman–Crippen LogP) is 0.827. The normalized spacial score (nSPS) is 11.4. The summed E-state index contributed by atoms with van der Waals surface area (Å²) in [6.07, 6.45) is -4.70. The number of nitrogens with zero attached hydrogens (tertiary/aromatic N) is 1. The van der Waals surface area contributed by atoms with Gasteiger partial charge in [-0.3, -0.25) is 9.59 Å². The fourth-order valence-electron chi connectivity index (χ4n) is 1.34. The van der Waals surface area contributed by atoms with Crippen LogP contribution in [0.25, 0.3) is 0 Å². The van der Waals surface area contributed by atoms with Crippen molar-refractivity contribution in [3.05, 3.63) is 23.7 Å². The lowest BCUT2D eigenvalue weighted by atomic mass is 10.3. The van der Waals surface area contributed by atoms with Crippen LogP contribution in [0.1, 0.15) is 16.3 Å². The summed E-state index contributed by atoms with van der Waals surface area (Å²) < 4.78 is 41.7. The molecule has 0 saturated carbocycles. The van der Waals surface area contributed by atoms with Crippen LogP contribution >= 0.6 is 0 Å². The lowest BCUT2D eigenvalue weighted by Crippen LogP contribution is -2.41. The van der Waals surface area contributed by atoms with Crippen molar-refractivity contribution in [3.63, 3.8) is 0 Å². The maximum atomic E-state index is 12.3. The molecule has 1 amide bonds. The Labute approximate surface area is 105 Å². The Hall–Kier alpha value is -2.03. The number of rotatable bonds is 5. The van der Waals surface area contributed by atoms with Gasteiger partial charge in [0.25, 0.3) is 5.91 Å². The van der Waals surface area contributed by atoms with Crippen LogP contribution in [0, 0.1) is 0 Å². The molecular weight excluding hydrogens is 269 g/mol. The number of amides is 1. The predicted molar refractivity (Wildman–Crippen MR) is 56.2 cm³/mol. The van der Waals surface area contributed by atoms with E-state index in [1.165, 1.54) is 6.07 Å². The number of carboxylic acids is 1. The van der Waals surface area contributed by atoms with Crippen molar-refractivity contribution in [3.8, 4) is 0 Å². The van der Waals surface area contributed by atoms with Crippen molar-refractivity contribution in [2.45, 2.75) is 12.7 Å². The first-order valence-electron chi connectivity index (χ1n) is 5.09. The molecule has 0 fully saturated rings. The number of hydrogen-bond donors (Lipinski definition) is 2. The number of aliphatic carboxylic acids is 1. The largest absolute Gasteiger partial charge is 0.480 e.